The quantitative estimate of drug-likeness (QED) is 0.790. The van der Waals surface area contributed by atoms with Crippen LogP contribution in [0, 0.1) is 0 Å². The molecule has 1 aromatic rings. The van der Waals surface area contributed by atoms with Crippen molar-refractivity contribution < 1.29 is 9.53 Å². The SMILES string of the molecule is Cn1cc(N2C[C@@H](N)[C@@H](NC(=O)OCC(Cl)(Cl)Cl)C2)cn1. The van der Waals surface area contributed by atoms with Gasteiger partial charge in [-0.1, -0.05) is 34.8 Å². The molecule has 0 unspecified atom stereocenters. The van der Waals surface area contributed by atoms with E-state index in [-0.39, 0.29) is 18.7 Å². The molecular weight excluding hydrogens is 341 g/mol. The molecule has 10 heteroatoms. The summed E-state index contributed by atoms with van der Waals surface area (Å²) < 4.78 is 4.90. The van der Waals surface area contributed by atoms with Crippen LogP contribution in [0.15, 0.2) is 12.4 Å². The van der Waals surface area contributed by atoms with Crippen LogP contribution in [0.2, 0.25) is 0 Å². The fourth-order valence-electron chi connectivity index (χ4n) is 2.10. The van der Waals surface area contributed by atoms with Gasteiger partial charge in [0.2, 0.25) is 3.79 Å². The largest absolute Gasteiger partial charge is 0.445 e. The second-order valence-electron chi connectivity index (χ2n) is 4.88. The van der Waals surface area contributed by atoms with Gasteiger partial charge in [0, 0.05) is 32.4 Å². The van der Waals surface area contributed by atoms with Crippen molar-refractivity contribution in [3.8, 4) is 0 Å². The number of aryl methyl sites for hydroxylation is 1. The molecule has 2 heterocycles. The Bertz CT molecular complexity index is 504. The maximum atomic E-state index is 11.6. The topological polar surface area (TPSA) is 85.4 Å². The van der Waals surface area contributed by atoms with Crippen molar-refractivity contribution >= 4 is 46.6 Å². The van der Waals surface area contributed by atoms with Crippen molar-refractivity contribution in [1.29, 1.82) is 0 Å². The minimum absolute atomic E-state index is 0.217. The van der Waals surface area contributed by atoms with Gasteiger partial charge in [-0.3, -0.25) is 4.68 Å². The Morgan fingerprint density at radius 1 is 1.57 bits per heavy atom. The first-order valence-electron chi connectivity index (χ1n) is 6.24. The van der Waals surface area contributed by atoms with Crippen LogP contribution < -0.4 is 16.0 Å². The Hall–Kier alpha value is -0.890. The highest BCUT2D eigenvalue weighted by atomic mass is 35.6. The van der Waals surface area contributed by atoms with Crippen LogP contribution in [-0.2, 0) is 11.8 Å². The second-order valence-corrected chi connectivity index (χ2v) is 7.40. The van der Waals surface area contributed by atoms with Crippen molar-refractivity contribution in [3.05, 3.63) is 12.4 Å². The number of rotatable bonds is 3. The monoisotopic (exact) mass is 355 g/mol. The van der Waals surface area contributed by atoms with Crippen LogP contribution in [0.1, 0.15) is 0 Å². The summed E-state index contributed by atoms with van der Waals surface area (Å²) in [6.07, 6.45) is 2.97. The number of nitrogens with one attached hydrogen (secondary N) is 1. The molecule has 7 nitrogen and oxygen atoms in total. The molecule has 1 saturated heterocycles. The second kappa shape index (κ2) is 6.48. The van der Waals surface area contributed by atoms with Crippen LogP contribution >= 0.6 is 34.8 Å². The van der Waals surface area contributed by atoms with Crippen molar-refractivity contribution in [1.82, 2.24) is 15.1 Å². The van der Waals surface area contributed by atoms with E-state index >= 15 is 0 Å². The molecule has 0 bridgehead atoms. The smallest absolute Gasteiger partial charge is 0.407 e. The highest BCUT2D eigenvalue weighted by Gasteiger charge is 2.33. The minimum atomic E-state index is -1.63. The van der Waals surface area contributed by atoms with E-state index in [2.05, 4.69) is 10.4 Å². The average Bonchev–Trinajstić information content (AvgIpc) is 2.93. The van der Waals surface area contributed by atoms with E-state index in [0.717, 1.165) is 5.69 Å². The summed E-state index contributed by atoms with van der Waals surface area (Å²) in [7, 11) is 1.84. The number of hydrogen-bond acceptors (Lipinski definition) is 5. The first-order chi connectivity index (χ1) is 9.74. The molecular formula is C11H16Cl3N5O2. The first kappa shape index (κ1) is 16.5. The molecule has 0 spiro atoms. The molecule has 1 aliphatic rings. The number of amides is 1. The molecule has 0 radical (unpaired) electrons. The fraction of sp³-hybridized carbons (Fsp3) is 0.636. The summed E-state index contributed by atoms with van der Waals surface area (Å²) in [5.74, 6) is 0. The molecule has 3 N–H and O–H groups in total. The van der Waals surface area contributed by atoms with Crippen LogP contribution in [-0.4, -0.2) is 51.4 Å². The fourth-order valence-corrected chi connectivity index (χ4v) is 2.27. The van der Waals surface area contributed by atoms with E-state index in [0.29, 0.717) is 13.1 Å². The van der Waals surface area contributed by atoms with Crippen molar-refractivity contribution in [3.63, 3.8) is 0 Å². The molecule has 1 fully saturated rings. The van der Waals surface area contributed by atoms with Gasteiger partial charge < -0.3 is 20.7 Å². The maximum Gasteiger partial charge on any atom is 0.407 e. The van der Waals surface area contributed by atoms with Gasteiger partial charge >= 0.3 is 6.09 Å². The number of carbonyl (C=O) groups is 1. The van der Waals surface area contributed by atoms with E-state index in [1.807, 2.05) is 18.1 Å². The molecule has 1 amide bonds. The summed E-state index contributed by atoms with van der Waals surface area (Å²) in [6.45, 7) is 0.856. The molecule has 2 atom stereocenters. The normalized spacial score (nSPS) is 22.4. The van der Waals surface area contributed by atoms with Crippen LogP contribution in [0.4, 0.5) is 10.5 Å². The third kappa shape index (κ3) is 4.81. The number of alkyl halides is 3. The van der Waals surface area contributed by atoms with Gasteiger partial charge in [0.15, 0.2) is 0 Å². The Morgan fingerprint density at radius 2 is 2.29 bits per heavy atom. The van der Waals surface area contributed by atoms with Gasteiger partial charge in [0.25, 0.3) is 0 Å². The molecule has 0 aliphatic carbocycles. The number of ether oxygens (including phenoxy) is 1. The Labute approximate surface area is 137 Å². The number of alkyl carbamates (subject to hydrolysis) is 1. The van der Waals surface area contributed by atoms with Crippen LogP contribution in [0.25, 0.3) is 0 Å². The number of nitrogens with zero attached hydrogens (tertiary/aromatic N) is 3. The molecule has 1 aliphatic heterocycles. The number of halogens is 3. The standard InChI is InChI=1S/C11H16Cl3N5O2/c1-18-3-7(2-16-18)19-4-8(15)9(5-19)17-10(20)21-6-11(12,13)14/h2-3,8-9H,4-6,15H2,1H3,(H,17,20)/t8-,9+/m1/s1. The van der Waals surface area contributed by atoms with E-state index in [4.69, 9.17) is 45.3 Å². The molecule has 0 saturated carbocycles. The Balaban J connectivity index is 1.86. The molecule has 118 valence electrons. The lowest BCUT2D eigenvalue weighted by Gasteiger charge is -2.18. The van der Waals surface area contributed by atoms with Crippen molar-refractivity contribution in [2.75, 3.05) is 24.6 Å². The van der Waals surface area contributed by atoms with Gasteiger partial charge in [-0.05, 0) is 0 Å². The average molecular weight is 357 g/mol. The highest BCUT2D eigenvalue weighted by molar-refractivity contribution is 6.67. The van der Waals surface area contributed by atoms with E-state index in [1.165, 1.54) is 0 Å². The lowest BCUT2D eigenvalue weighted by molar-refractivity contribution is 0.144. The summed E-state index contributed by atoms with van der Waals surface area (Å²) in [5.41, 5.74) is 6.98. The molecule has 2 rings (SSSR count). The van der Waals surface area contributed by atoms with Crippen LogP contribution in [0.5, 0.6) is 0 Å². The van der Waals surface area contributed by atoms with Gasteiger partial charge in [0.1, 0.15) is 6.61 Å². The Kier molecular flexibility index (Phi) is 5.08. The zero-order chi connectivity index (χ0) is 15.6. The van der Waals surface area contributed by atoms with E-state index in [1.54, 1.807) is 10.9 Å². The van der Waals surface area contributed by atoms with Gasteiger partial charge in [-0.2, -0.15) is 5.10 Å². The van der Waals surface area contributed by atoms with Gasteiger partial charge in [-0.25, -0.2) is 4.79 Å². The van der Waals surface area contributed by atoms with Crippen molar-refractivity contribution in [2.24, 2.45) is 12.8 Å². The number of nitrogens with two attached hydrogens (primary N) is 1. The van der Waals surface area contributed by atoms with Crippen molar-refractivity contribution in [2.45, 2.75) is 15.9 Å². The highest BCUT2D eigenvalue weighted by Crippen LogP contribution is 2.26. The maximum absolute atomic E-state index is 11.6. The molecule has 1 aromatic heterocycles. The number of aromatic nitrogens is 2. The van der Waals surface area contributed by atoms with E-state index in [9.17, 15) is 4.79 Å². The number of carbonyl (C=O) groups excluding carboxylic acids is 1. The lowest BCUT2D eigenvalue weighted by atomic mass is 10.2. The third-order valence-electron chi connectivity index (χ3n) is 3.09. The predicted octanol–water partition coefficient (Wildman–Crippen LogP) is 1.03. The van der Waals surface area contributed by atoms with Crippen LogP contribution in [0.3, 0.4) is 0 Å². The Morgan fingerprint density at radius 3 is 2.86 bits per heavy atom. The van der Waals surface area contributed by atoms with Gasteiger partial charge in [0.05, 0.1) is 17.9 Å². The zero-order valence-corrected chi connectivity index (χ0v) is 13.6. The first-order valence-corrected chi connectivity index (χ1v) is 7.37. The summed E-state index contributed by atoms with van der Waals surface area (Å²) in [5, 5.41) is 6.78. The molecule has 0 aromatic carbocycles. The number of anilines is 1. The summed E-state index contributed by atoms with van der Waals surface area (Å²) >= 11 is 16.5. The summed E-state index contributed by atoms with van der Waals surface area (Å²) in [4.78, 5) is 13.7. The summed E-state index contributed by atoms with van der Waals surface area (Å²) in [6, 6.07) is -0.460. The van der Waals surface area contributed by atoms with Gasteiger partial charge in [-0.15, -0.1) is 0 Å². The minimum Gasteiger partial charge on any atom is -0.445 e. The lowest BCUT2D eigenvalue weighted by Crippen LogP contribution is -2.47. The number of hydrogen-bond donors (Lipinski definition) is 2. The zero-order valence-electron chi connectivity index (χ0n) is 11.3. The van der Waals surface area contributed by atoms with E-state index < -0.39 is 9.89 Å². The molecule has 21 heavy (non-hydrogen) atoms. The predicted molar refractivity (Wildman–Crippen MR) is 82.0 cm³/mol. The third-order valence-corrected chi connectivity index (χ3v) is 3.42.